The Morgan fingerprint density at radius 1 is 1.47 bits per heavy atom. The summed E-state index contributed by atoms with van der Waals surface area (Å²) in [6, 6.07) is 0. The fourth-order valence-corrected chi connectivity index (χ4v) is 4.73. The van der Waals surface area contributed by atoms with Crippen LogP contribution in [0, 0.1) is 17.3 Å². The fourth-order valence-electron chi connectivity index (χ4n) is 4.73. The Hall–Kier alpha value is -0.910. The summed E-state index contributed by atoms with van der Waals surface area (Å²) >= 11 is 0. The summed E-state index contributed by atoms with van der Waals surface area (Å²) in [6.45, 7) is 2.16. The van der Waals surface area contributed by atoms with Gasteiger partial charge in [0.25, 0.3) is 5.79 Å². The van der Waals surface area contributed by atoms with Crippen molar-refractivity contribution in [2.75, 3.05) is 6.61 Å². The number of esters is 1. The molecule has 3 heterocycles. The summed E-state index contributed by atoms with van der Waals surface area (Å²) in [7, 11) is 0. The monoisotopic (exact) mass is 264 g/mol. The lowest BCUT2D eigenvalue weighted by Crippen LogP contribution is -2.61. The average Bonchev–Trinajstić information content (AvgIpc) is 2.96. The second-order valence-electron chi connectivity index (χ2n) is 6.72. The first-order valence-corrected chi connectivity index (χ1v) is 6.94. The molecule has 1 saturated carbocycles. The van der Waals surface area contributed by atoms with E-state index in [1.54, 1.807) is 6.92 Å². The molecular formula is C14H16O5. The third kappa shape index (κ3) is 0.891. The van der Waals surface area contributed by atoms with Crippen LogP contribution in [-0.4, -0.2) is 41.3 Å². The number of allylic oxidation sites excluding steroid dienone is 2. The molecule has 0 aromatic carbocycles. The number of hydrogen-bond donors (Lipinski definition) is 1. The zero-order valence-electron chi connectivity index (χ0n) is 10.7. The van der Waals surface area contributed by atoms with Crippen LogP contribution >= 0.6 is 0 Å². The first-order chi connectivity index (χ1) is 9.04. The number of fused-ring (bicyclic) bond motifs is 2. The number of epoxide rings is 1. The van der Waals surface area contributed by atoms with E-state index in [9.17, 15) is 9.90 Å². The van der Waals surface area contributed by atoms with Crippen molar-refractivity contribution in [3.8, 4) is 0 Å². The fraction of sp³-hybridized carbons (Fsp3) is 0.786. The predicted octanol–water partition coefficient (Wildman–Crippen LogP) is 0.370. The van der Waals surface area contributed by atoms with Crippen molar-refractivity contribution in [2.24, 2.45) is 17.3 Å². The van der Waals surface area contributed by atoms with Gasteiger partial charge in [-0.3, -0.25) is 0 Å². The zero-order chi connectivity index (χ0) is 13.0. The molecule has 7 atom stereocenters. The average molecular weight is 264 g/mol. The Morgan fingerprint density at radius 3 is 2.84 bits per heavy atom. The number of carbonyl (C=O) groups excluding carboxylic acids is 1. The smallest absolute Gasteiger partial charge is 0.343 e. The summed E-state index contributed by atoms with van der Waals surface area (Å²) in [5.74, 6) is -0.895. The highest BCUT2D eigenvalue weighted by atomic mass is 16.8. The van der Waals surface area contributed by atoms with Gasteiger partial charge in [0.2, 0.25) is 0 Å². The van der Waals surface area contributed by atoms with E-state index in [0.29, 0.717) is 18.4 Å². The third-order valence-electron chi connectivity index (χ3n) is 6.04. The van der Waals surface area contributed by atoms with Crippen LogP contribution in [-0.2, 0) is 19.0 Å². The SMILES string of the molecule is C[C@]12O[C@H]1[C@]1(OC[C@@]3(C4C=CCC3C4)[C@H]1O)OC2=O. The minimum Gasteiger partial charge on any atom is -0.425 e. The predicted molar refractivity (Wildman–Crippen MR) is 61.8 cm³/mol. The highest BCUT2D eigenvalue weighted by Gasteiger charge is 2.85. The molecule has 5 aliphatic rings. The van der Waals surface area contributed by atoms with Crippen molar-refractivity contribution >= 4 is 5.97 Å². The summed E-state index contributed by atoms with van der Waals surface area (Å²) in [6.07, 6.45) is 5.20. The second-order valence-corrected chi connectivity index (χ2v) is 6.72. The van der Waals surface area contributed by atoms with Gasteiger partial charge in [0.15, 0.2) is 11.7 Å². The van der Waals surface area contributed by atoms with E-state index in [2.05, 4.69) is 12.2 Å². The van der Waals surface area contributed by atoms with E-state index in [0.717, 1.165) is 12.8 Å². The first-order valence-electron chi connectivity index (χ1n) is 6.94. The van der Waals surface area contributed by atoms with Crippen LogP contribution in [0.15, 0.2) is 12.2 Å². The molecule has 0 aromatic rings. The molecule has 0 aromatic heterocycles. The second kappa shape index (κ2) is 2.75. The first kappa shape index (κ1) is 10.8. The lowest BCUT2D eigenvalue weighted by atomic mass is 9.47. The molecule has 5 nitrogen and oxygen atoms in total. The van der Waals surface area contributed by atoms with E-state index < -0.39 is 29.6 Å². The number of carbonyl (C=O) groups is 1. The maximum Gasteiger partial charge on any atom is 0.343 e. The molecular weight excluding hydrogens is 248 g/mol. The minimum atomic E-state index is -1.26. The molecule has 0 radical (unpaired) electrons. The van der Waals surface area contributed by atoms with Crippen LogP contribution < -0.4 is 0 Å². The molecule has 19 heavy (non-hydrogen) atoms. The van der Waals surface area contributed by atoms with E-state index in [4.69, 9.17) is 14.2 Å². The van der Waals surface area contributed by atoms with Crippen LogP contribution in [0.3, 0.4) is 0 Å². The largest absolute Gasteiger partial charge is 0.425 e. The van der Waals surface area contributed by atoms with Crippen molar-refractivity contribution in [2.45, 2.75) is 43.4 Å². The molecule has 2 unspecified atom stereocenters. The van der Waals surface area contributed by atoms with Gasteiger partial charge in [-0.15, -0.1) is 0 Å². The molecule has 2 spiro atoms. The van der Waals surface area contributed by atoms with Gasteiger partial charge < -0.3 is 19.3 Å². The van der Waals surface area contributed by atoms with Gasteiger partial charge >= 0.3 is 5.97 Å². The molecule has 2 aliphatic carbocycles. The van der Waals surface area contributed by atoms with Gasteiger partial charge in [-0.2, -0.15) is 0 Å². The molecule has 4 fully saturated rings. The van der Waals surface area contributed by atoms with E-state index in [-0.39, 0.29) is 5.41 Å². The van der Waals surface area contributed by atoms with Crippen molar-refractivity contribution in [3.63, 3.8) is 0 Å². The number of aliphatic hydroxyl groups is 1. The molecule has 3 saturated heterocycles. The molecule has 5 rings (SSSR count). The van der Waals surface area contributed by atoms with Crippen LogP contribution in [0.25, 0.3) is 0 Å². The summed E-state index contributed by atoms with van der Waals surface area (Å²) in [5, 5.41) is 10.9. The normalized spacial score (nSPS) is 64.2. The van der Waals surface area contributed by atoms with Gasteiger partial charge in [-0.1, -0.05) is 12.2 Å². The summed E-state index contributed by atoms with van der Waals surface area (Å²) in [5.41, 5.74) is -1.17. The Labute approximate surface area is 110 Å². The maximum absolute atomic E-state index is 11.9. The summed E-state index contributed by atoms with van der Waals surface area (Å²) < 4.78 is 16.7. The number of ether oxygens (including phenoxy) is 3. The highest BCUT2D eigenvalue weighted by Crippen LogP contribution is 2.68. The number of aliphatic hydroxyl groups excluding tert-OH is 1. The Balaban J connectivity index is 1.56. The Bertz CT molecular complexity index is 530. The van der Waals surface area contributed by atoms with Crippen molar-refractivity contribution in [3.05, 3.63) is 12.2 Å². The van der Waals surface area contributed by atoms with Crippen molar-refractivity contribution in [1.29, 1.82) is 0 Å². The van der Waals surface area contributed by atoms with E-state index in [1.165, 1.54) is 0 Å². The van der Waals surface area contributed by atoms with Crippen LogP contribution in [0.2, 0.25) is 0 Å². The molecule has 5 heteroatoms. The van der Waals surface area contributed by atoms with Gasteiger partial charge in [0, 0.05) is 5.41 Å². The van der Waals surface area contributed by atoms with Crippen LogP contribution in [0.5, 0.6) is 0 Å². The van der Waals surface area contributed by atoms with E-state index >= 15 is 0 Å². The standard InChI is InChI=1S/C14H16O5/c1-12-10(18-12)14(19-11(12)16)9(15)13(6-17-14)7-3-2-4-8(13)5-7/h2-3,7-10,15H,4-6H2,1H3/t7?,8?,9-,10-,12+,13+,14-/m1/s1. The van der Waals surface area contributed by atoms with Crippen molar-refractivity contribution in [1.82, 2.24) is 0 Å². The lowest BCUT2D eigenvalue weighted by Gasteiger charge is -2.56. The minimum absolute atomic E-state index is 0.272. The molecule has 1 N–H and O–H groups in total. The van der Waals surface area contributed by atoms with E-state index in [1.807, 2.05) is 0 Å². The van der Waals surface area contributed by atoms with Crippen molar-refractivity contribution < 1.29 is 24.1 Å². The molecule has 102 valence electrons. The Kier molecular flexibility index (Phi) is 1.57. The number of hydrogen-bond acceptors (Lipinski definition) is 5. The number of rotatable bonds is 0. The summed E-state index contributed by atoms with van der Waals surface area (Å²) in [4.78, 5) is 11.9. The molecule has 0 amide bonds. The third-order valence-corrected chi connectivity index (χ3v) is 6.04. The molecule has 2 bridgehead atoms. The van der Waals surface area contributed by atoms with Gasteiger partial charge in [0.1, 0.15) is 6.10 Å². The van der Waals surface area contributed by atoms with Gasteiger partial charge in [-0.05, 0) is 31.6 Å². The van der Waals surface area contributed by atoms with Crippen LogP contribution in [0.4, 0.5) is 0 Å². The van der Waals surface area contributed by atoms with Gasteiger partial charge in [-0.25, -0.2) is 4.79 Å². The zero-order valence-corrected chi connectivity index (χ0v) is 10.7. The Morgan fingerprint density at radius 2 is 2.32 bits per heavy atom. The van der Waals surface area contributed by atoms with Gasteiger partial charge in [0.05, 0.1) is 6.61 Å². The van der Waals surface area contributed by atoms with Crippen LogP contribution in [0.1, 0.15) is 19.8 Å². The topological polar surface area (TPSA) is 68.3 Å². The molecule has 3 aliphatic heterocycles. The quantitative estimate of drug-likeness (QED) is 0.389. The highest BCUT2D eigenvalue weighted by molar-refractivity contribution is 5.86. The maximum atomic E-state index is 11.9. The lowest BCUT2D eigenvalue weighted by molar-refractivity contribution is -0.249.